The molecule has 4 amide bonds. The minimum absolute atomic E-state index is 0.0138. The van der Waals surface area contributed by atoms with Crippen LogP contribution in [-0.4, -0.2) is 29.6 Å². The number of imide groups is 2. The summed E-state index contributed by atoms with van der Waals surface area (Å²) in [5, 5.41) is 12.2. The fourth-order valence-electron chi connectivity index (χ4n) is 2.58. The molecule has 138 valence electrons. The van der Waals surface area contributed by atoms with Crippen LogP contribution in [0.4, 0.5) is 10.5 Å². The van der Waals surface area contributed by atoms with Gasteiger partial charge in [0.15, 0.2) is 11.5 Å². The molecular weight excluding hydrogens is 463 g/mol. The second-order valence-corrected chi connectivity index (χ2v) is 6.74. The molecule has 0 aromatic heterocycles. The van der Waals surface area contributed by atoms with E-state index in [2.05, 4.69) is 5.32 Å². The van der Waals surface area contributed by atoms with Crippen molar-refractivity contribution in [2.24, 2.45) is 0 Å². The number of para-hydroxylation sites is 1. The van der Waals surface area contributed by atoms with Crippen molar-refractivity contribution in [3.05, 3.63) is 57.2 Å². The quantitative estimate of drug-likeness (QED) is 0.400. The van der Waals surface area contributed by atoms with E-state index >= 15 is 0 Å². The lowest BCUT2D eigenvalue weighted by Gasteiger charge is -2.26. The molecule has 2 N–H and O–H groups in total. The number of halogens is 1. The molecule has 0 bridgehead atoms. The standard InChI is InChI=1S/C19H15IN2O5/c1-2-27-15-10-11(9-14(20)16(15)23)8-13-17(24)21-19(26)22(18(13)25)12-6-4-3-5-7-12/h3-10,23H,2H2,1H3,(H,21,24,26)/b13-8+. The van der Waals surface area contributed by atoms with Crippen molar-refractivity contribution in [3.63, 3.8) is 0 Å². The first-order valence-electron chi connectivity index (χ1n) is 8.04. The Morgan fingerprint density at radius 3 is 2.56 bits per heavy atom. The molecule has 0 aliphatic carbocycles. The van der Waals surface area contributed by atoms with Gasteiger partial charge in [-0.3, -0.25) is 14.9 Å². The van der Waals surface area contributed by atoms with Crippen LogP contribution in [0.3, 0.4) is 0 Å². The monoisotopic (exact) mass is 478 g/mol. The van der Waals surface area contributed by atoms with Crippen LogP contribution in [0.2, 0.25) is 0 Å². The Hall–Kier alpha value is -2.88. The average molecular weight is 478 g/mol. The number of hydrogen-bond donors (Lipinski definition) is 2. The second-order valence-electron chi connectivity index (χ2n) is 5.58. The molecule has 1 heterocycles. The SMILES string of the molecule is CCOc1cc(/C=C2\C(=O)NC(=O)N(c3ccccc3)C2=O)cc(I)c1O. The van der Waals surface area contributed by atoms with E-state index in [0.29, 0.717) is 21.4 Å². The first kappa shape index (κ1) is 18.9. The van der Waals surface area contributed by atoms with Gasteiger partial charge in [0.25, 0.3) is 11.8 Å². The molecule has 0 spiro atoms. The number of anilines is 1. The molecule has 8 heteroatoms. The number of nitrogens with zero attached hydrogens (tertiary/aromatic N) is 1. The number of hydrogen-bond acceptors (Lipinski definition) is 5. The summed E-state index contributed by atoms with van der Waals surface area (Å²) in [6, 6.07) is 10.7. The number of phenolic OH excluding ortho intramolecular Hbond substituents is 1. The minimum atomic E-state index is -0.802. The zero-order chi connectivity index (χ0) is 19.6. The number of nitrogens with one attached hydrogen (secondary N) is 1. The van der Waals surface area contributed by atoms with Gasteiger partial charge in [-0.2, -0.15) is 0 Å². The number of benzene rings is 2. The predicted octanol–water partition coefficient (Wildman–Crippen LogP) is 3.06. The first-order valence-corrected chi connectivity index (χ1v) is 9.12. The summed E-state index contributed by atoms with van der Waals surface area (Å²) in [5.74, 6) is -1.27. The number of aromatic hydroxyl groups is 1. The summed E-state index contributed by atoms with van der Waals surface area (Å²) in [6.07, 6.45) is 1.37. The van der Waals surface area contributed by atoms with E-state index in [1.54, 1.807) is 43.3 Å². The Morgan fingerprint density at radius 1 is 1.19 bits per heavy atom. The molecule has 3 rings (SSSR count). The largest absolute Gasteiger partial charge is 0.504 e. The number of rotatable bonds is 4. The Balaban J connectivity index is 2.03. The Kier molecular flexibility index (Phi) is 5.45. The molecule has 2 aromatic carbocycles. The summed E-state index contributed by atoms with van der Waals surface area (Å²) in [6.45, 7) is 2.12. The van der Waals surface area contributed by atoms with Crippen LogP contribution in [0.15, 0.2) is 48.0 Å². The molecule has 0 unspecified atom stereocenters. The number of urea groups is 1. The van der Waals surface area contributed by atoms with Crippen molar-refractivity contribution in [3.8, 4) is 11.5 Å². The zero-order valence-electron chi connectivity index (χ0n) is 14.2. The van der Waals surface area contributed by atoms with E-state index in [4.69, 9.17) is 4.74 Å². The number of ether oxygens (including phenoxy) is 1. The van der Waals surface area contributed by atoms with Crippen molar-refractivity contribution in [2.45, 2.75) is 6.92 Å². The zero-order valence-corrected chi connectivity index (χ0v) is 16.4. The maximum absolute atomic E-state index is 12.8. The lowest BCUT2D eigenvalue weighted by Crippen LogP contribution is -2.54. The van der Waals surface area contributed by atoms with Gasteiger partial charge >= 0.3 is 6.03 Å². The first-order chi connectivity index (χ1) is 12.9. The van der Waals surface area contributed by atoms with E-state index < -0.39 is 17.8 Å². The van der Waals surface area contributed by atoms with Gasteiger partial charge in [-0.15, -0.1) is 0 Å². The Morgan fingerprint density at radius 2 is 1.89 bits per heavy atom. The smallest absolute Gasteiger partial charge is 0.335 e. The van der Waals surface area contributed by atoms with Gasteiger partial charge < -0.3 is 9.84 Å². The van der Waals surface area contributed by atoms with Crippen molar-refractivity contribution < 1.29 is 24.2 Å². The summed E-state index contributed by atoms with van der Waals surface area (Å²) in [7, 11) is 0. The third-order valence-electron chi connectivity index (χ3n) is 3.78. The van der Waals surface area contributed by atoms with Crippen LogP contribution < -0.4 is 15.0 Å². The lowest BCUT2D eigenvalue weighted by molar-refractivity contribution is -0.122. The third-order valence-corrected chi connectivity index (χ3v) is 4.60. The summed E-state index contributed by atoms with van der Waals surface area (Å²) in [4.78, 5) is 38.1. The third kappa shape index (κ3) is 3.80. The molecule has 7 nitrogen and oxygen atoms in total. The van der Waals surface area contributed by atoms with Crippen LogP contribution in [0.25, 0.3) is 6.08 Å². The topological polar surface area (TPSA) is 95.9 Å². The van der Waals surface area contributed by atoms with E-state index in [-0.39, 0.29) is 17.1 Å². The van der Waals surface area contributed by atoms with Crippen molar-refractivity contribution in [1.82, 2.24) is 5.32 Å². The van der Waals surface area contributed by atoms with Gasteiger partial charge in [-0.1, -0.05) is 18.2 Å². The van der Waals surface area contributed by atoms with E-state index in [1.165, 1.54) is 12.1 Å². The number of amides is 4. The highest BCUT2D eigenvalue weighted by Crippen LogP contribution is 2.34. The number of carbonyl (C=O) groups is 3. The molecule has 1 aliphatic heterocycles. The van der Waals surface area contributed by atoms with E-state index in [9.17, 15) is 19.5 Å². The van der Waals surface area contributed by atoms with Crippen molar-refractivity contribution >= 4 is 52.2 Å². The molecular formula is C19H15IN2O5. The molecule has 0 radical (unpaired) electrons. The molecule has 1 saturated heterocycles. The van der Waals surface area contributed by atoms with Crippen LogP contribution in [0, 0.1) is 3.57 Å². The average Bonchev–Trinajstić information content (AvgIpc) is 2.63. The molecule has 1 aliphatic rings. The summed E-state index contributed by atoms with van der Waals surface area (Å²) < 4.78 is 5.88. The second kappa shape index (κ2) is 7.78. The van der Waals surface area contributed by atoms with Crippen molar-refractivity contribution in [2.75, 3.05) is 11.5 Å². The highest BCUT2D eigenvalue weighted by molar-refractivity contribution is 14.1. The summed E-state index contributed by atoms with van der Waals surface area (Å²) >= 11 is 1.93. The molecule has 0 atom stereocenters. The maximum Gasteiger partial charge on any atom is 0.335 e. The fourth-order valence-corrected chi connectivity index (χ4v) is 3.20. The normalized spacial score (nSPS) is 15.9. The van der Waals surface area contributed by atoms with Gasteiger partial charge in [0, 0.05) is 0 Å². The highest BCUT2D eigenvalue weighted by atomic mass is 127. The Bertz CT molecular complexity index is 956. The van der Waals surface area contributed by atoms with Gasteiger partial charge in [0.05, 0.1) is 15.9 Å². The maximum atomic E-state index is 12.8. The van der Waals surface area contributed by atoms with E-state index in [0.717, 1.165) is 4.90 Å². The highest BCUT2D eigenvalue weighted by Gasteiger charge is 2.36. The van der Waals surface area contributed by atoms with Crippen molar-refractivity contribution in [1.29, 1.82) is 0 Å². The Labute approximate surface area is 168 Å². The van der Waals surface area contributed by atoms with Crippen LogP contribution in [-0.2, 0) is 9.59 Å². The molecule has 0 saturated carbocycles. The van der Waals surface area contributed by atoms with Gasteiger partial charge in [0.2, 0.25) is 0 Å². The molecule has 1 fully saturated rings. The van der Waals surface area contributed by atoms with Crippen LogP contribution in [0.1, 0.15) is 12.5 Å². The predicted molar refractivity (Wildman–Crippen MR) is 107 cm³/mol. The molecule has 27 heavy (non-hydrogen) atoms. The van der Waals surface area contributed by atoms with Gasteiger partial charge in [-0.25, -0.2) is 9.69 Å². The van der Waals surface area contributed by atoms with Crippen LogP contribution in [0.5, 0.6) is 11.5 Å². The van der Waals surface area contributed by atoms with Gasteiger partial charge in [-0.05, 0) is 65.4 Å². The lowest BCUT2D eigenvalue weighted by atomic mass is 10.1. The summed E-state index contributed by atoms with van der Waals surface area (Å²) in [5.41, 5.74) is 0.651. The number of phenols is 1. The molecule has 2 aromatic rings. The fraction of sp³-hybridized carbons (Fsp3) is 0.105. The van der Waals surface area contributed by atoms with Gasteiger partial charge in [0.1, 0.15) is 5.57 Å². The van der Waals surface area contributed by atoms with Crippen LogP contribution >= 0.6 is 22.6 Å². The number of barbiturate groups is 1. The van der Waals surface area contributed by atoms with E-state index in [1.807, 2.05) is 22.6 Å². The minimum Gasteiger partial charge on any atom is -0.504 e. The number of carbonyl (C=O) groups excluding carboxylic acids is 3.